The fourth-order valence-corrected chi connectivity index (χ4v) is 3.11. The minimum absolute atomic E-state index is 0.0496. The molecular formula is C10H21NO3S. The Morgan fingerprint density at radius 2 is 1.73 bits per heavy atom. The average Bonchev–Trinajstić information content (AvgIpc) is 2.07. The lowest BCUT2D eigenvalue weighted by Crippen LogP contribution is -2.51. The molecule has 0 atom stereocenters. The van der Waals surface area contributed by atoms with Crippen molar-refractivity contribution in [3.63, 3.8) is 0 Å². The van der Waals surface area contributed by atoms with Crippen molar-refractivity contribution in [3.05, 3.63) is 0 Å². The van der Waals surface area contributed by atoms with Crippen LogP contribution in [-0.2, 0) is 9.84 Å². The Hall–Kier alpha value is -0.130. The summed E-state index contributed by atoms with van der Waals surface area (Å²) in [5.41, 5.74) is -0.898. The molecule has 90 valence electrons. The molecule has 0 amide bonds. The maximum absolute atomic E-state index is 11.2. The molecule has 15 heavy (non-hydrogen) atoms. The van der Waals surface area contributed by atoms with Crippen LogP contribution in [0.2, 0.25) is 0 Å². The second kappa shape index (κ2) is 4.03. The first-order chi connectivity index (χ1) is 6.62. The van der Waals surface area contributed by atoms with Crippen LogP contribution in [0.3, 0.4) is 0 Å². The van der Waals surface area contributed by atoms with E-state index in [9.17, 15) is 13.5 Å². The lowest BCUT2D eigenvalue weighted by Gasteiger charge is -2.35. The molecule has 1 aliphatic rings. The molecule has 0 aromatic rings. The summed E-state index contributed by atoms with van der Waals surface area (Å²) in [5.74, 6) is 0.213. The quantitative estimate of drug-likeness (QED) is 0.723. The molecule has 1 saturated heterocycles. The van der Waals surface area contributed by atoms with Crippen molar-refractivity contribution in [1.29, 1.82) is 0 Å². The number of hydrogen-bond acceptors (Lipinski definition) is 4. The maximum Gasteiger partial charge on any atom is 0.150 e. The van der Waals surface area contributed by atoms with Crippen LogP contribution in [0.5, 0.6) is 0 Å². The SMILES string of the molecule is CC(C)(C)NCC1(O)CCS(=O)(=O)CC1. The molecule has 2 N–H and O–H groups in total. The first-order valence-corrected chi connectivity index (χ1v) is 7.12. The Kier molecular flexibility index (Phi) is 3.48. The van der Waals surface area contributed by atoms with Gasteiger partial charge in [-0.05, 0) is 33.6 Å². The van der Waals surface area contributed by atoms with Gasteiger partial charge in [0.05, 0.1) is 17.1 Å². The van der Waals surface area contributed by atoms with Gasteiger partial charge in [0.2, 0.25) is 0 Å². The van der Waals surface area contributed by atoms with Crippen molar-refractivity contribution in [2.75, 3.05) is 18.1 Å². The summed E-state index contributed by atoms with van der Waals surface area (Å²) in [5, 5.41) is 13.4. The van der Waals surface area contributed by atoms with E-state index in [1.54, 1.807) is 0 Å². The van der Waals surface area contributed by atoms with Crippen LogP contribution in [0, 0.1) is 0 Å². The third kappa shape index (κ3) is 4.49. The summed E-state index contributed by atoms with van der Waals surface area (Å²) in [4.78, 5) is 0. The topological polar surface area (TPSA) is 66.4 Å². The van der Waals surface area contributed by atoms with Gasteiger partial charge in [-0.25, -0.2) is 8.42 Å². The van der Waals surface area contributed by atoms with Gasteiger partial charge in [-0.15, -0.1) is 0 Å². The highest BCUT2D eigenvalue weighted by Crippen LogP contribution is 2.23. The predicted octanol–water partition coefficient (Wildman–Crippen LogP) is 0.314. The number of rotatable bonds is 2. The number of β-amino-alcohol motifs (C(OH)–C–C–N with tert-alkyl or cyclic N) is 1. The predicted molar refractivity (Wildman–Crippen MR) is 60.6 cm³/mol. The fraction of sp³-hybridized carbons (Fsp3) is 1.00. The van der Waals surface area contributed by atoms with Crippen LogP contribution in [0.25, 0.3) is 0 Å². The van der Waals surface area contributed by atoms with Crippen molar-refractivity contribution < 1.29 is 13.5 Å². The normalized spacial score (nSPS) is 25.1. The van der Waals surface area contributed by atoms with Crippen LogP contribution in [0.1, 0.15) is 33.6 Å². The van der Waals surface area contributed by atoms with E-state index in [0.717, 1.165) is 0 Å². The van der Waals surface area contributed by atoms with Crippen molar-refractivity contribution >= 4 is 9.84 Å². The molecule has 0 unspecified atom stereocenters. The second-order valence-electron chi connectivity index (χ2n) is 5.48. The van der Waals surface area contributed by atoms with E-state index in [1.807, 2.05) is 20.8 Å². The van der Waals surface area contributed by atoms with Gasteiger partial charge >= 0.3 is 0 Å². The van der Waals surface area contributed by atoms with E-state index in [1.165, 1.54) is 0 Å². The summed E-state index contributed by atoms with van der Waals surface area (Å²) in [6.45, 7) is 6.54. The van der Waals surface area contributed by atoms with Crippen LogP contribution in [0.15, 0.2) is 0 Å². The van der Waals surface area contributed by atoms with E-state index < -0.39 is 15.4 Å². The summed E-state index contributed by atoms with van der Waals surface area (Å²) >= 11 is 0. The van der Waals surface area contributed by atoms with Crippen LogP contribution >= 0.6 is 0 Å². The van der Waals surface area contributed by atoms with Gasteiger partial charge in [-0.2, -0.15) is 0 Å². The van der Waals surface area contributed by atoms with Gasteiger partial charge in [-0.1, -0.05) is 0 Å². The highest BCUT2D eigenvalue weighted by atomic mass is 32.2. The van der Waals surface area contributed by atoms with Gasteiger partial charge in [0, 0.05) is 12.1 Å². The van der Waals surface area contributed by atoms with E-state index in [2.05, 4.69) is 5.32 Å². The highest BCUT2D eigenvalue weighted by Gasteiger charge is 2.35. The zero-order valence-corrected chi connectivity index (χ0v) is 10.5. The third-order valence-electron chi connectivity index (χ3n) is 2.70. The number of aliphatic hydroxyl groups is 1. The van der Waals surface area contributed by atoms with Crippen LogP contribution < -0.4 is 5.32 Å². The fourth-order valence-electron chi connectivity index (χ4n) is 1.52. The van der Waals surface area contributed by atoms with Crippen molar-refractivity contribution in [1.82, 2.24) is 5.32 Å². The lowest BCUT2D eigenvalue weighted by molar-refractivity contribution is 0.0250. The Morgan fingerprint density at radius 3 is 2.13 bits per heavy atom. The minimum atomic E-state index is -2.90. The van der Waals surface area contributed by atoms with Gasteiger partial charge < -0.3 is 10.4 Å². The molecule has 0 aliphatic carbocycles. The molecular weight excluding hydrogens is 214 g/mol. The van der Waals surface area contributed by atoms with E-state index in [0.29, 0.717) is 19.4 Å². The number of hydrogen-bond donors (Lipinski definition) is 2. The largest absolute Gasteiger partial charge is 0.388 e. The zero-order chi connectivity index (χ0) is 11.7. The van der Waals surface area contributed by atoms with Gasteiger partial charge in [-0.3, -0.25) is 0 Å². The average molecular weight is 235 g/mol. The van der Waals surface area contributed by atoms with E-state index in [4.69, 9.17) is 0 Å². The maximum atomic E-state index is 11.2. The molecule has 0 aromatic heterocycles. The molecule has 5 heteroatoms. The zero-order valence-electron chi connectivity index (χ0n) is 9.71. The van der Waals surface area contributed by atoms with Crippen LogP contribution in [0.4, 0.5) is 0 Å². The second-order valence-corrected chi connectivity index (χ2v) is 7.78. The Morgan fingerprint density at radius 1 is 1.27 bits per heavy atom. The number of nitrogens with one attached hydrogen (secondary N) is 1. The molecule has 0 aromatic carbocycles. The highest BCUT2D eigenvalue weighted by molar-refractivity contribution is 7.91. The van der Waals surface area contributed by atoms with Crippen molar-refractivity contribution in [2.24, 2.45) is 0 Å². The van der Waals surface area contributed by atoms with Gasteiger partial charge in [0.1, 0.15) is 0 Å². The van der Waals surface area contributed by atoms with Crippen molar-refractivity contribution in [2.45, 2.75) is 44.8 Å². The van der Waals surface area contributed by atoms with Gasteiger partial charge in [0.25, 0.3) is 0 Å². The first kappa shape index (κ1) is 12.9. The van der Waals surface area contributed by atoms with Crippen LogP contribution in [-0.4, -0.2) is 42.7 Å². The summed E-state index contributed by atoms with van der Waals surface area (Å²) in [6.07, 6.45) is 0.691. The molecule has 0 radical (unpaired) electrons. The summed E-state index contributed by atoms with van der Waals surface area (Å²) in [7, 11) is -2.90. The van der Waals surface area contributed by atoms with E-state index in [-0.39, 0.29) is 17.0 Å². The summed E-state index contributed by atoms with van der Waals surface area (Å²) < 4.78 is 22.4. The van der Waals surface area contributed by atoms with Crippen molar-refractivity contribution in [3.8, 4) is 0 Å². The van der Waals surface area contributed by atoms with Gasteiger partial charge in [0.15, 0.2) is 9.84 Å². The molecule has 4 nitrogen and oxygen atoms in total. The lowest BCUT2D eigenvalue weighted by atomic mass is 9.95. The monoisotopic (exact) mass is 235 g/mol. The minimum Gasteiger partial charge on any atom is -0.388 e. The third-order valence-corrected chi connectivity index (χ3v) is 4.36. The molecule has 0 bridgehead atoms. The Bertz CT molecular complexity index is 302. The molecule has 1 fully saturated rings. The molecule has 0 spiro atoms. The molecule has 1 rings (SSSR count). The smallest absolute Gasteiger partial charge is 0.150 e. The Balaban J connectivity index is 2.49. The Labute approximate surface area is 92.0 Å². The molecule has 1 aliphatic heterocycles. The number of sulfone groups is 1. The molecule has 0 saturated carbocycles. The standard InChI is InChI=1S/C10H21NO3S/c1-9(2,3)11-8-10(12)4-6-15(13,14)7-5-10/h11-12H,4-8H2,1-3H3. The summed E-state index contributed by atoms with van der Waals surface area (Å²) in [6, 6.07) is 0. The van der Waals surface area contributed by atoms with E-state index >= 15 is 0 Å². The first-order valence-electron chi connectivity index (χ1n) is 5.30. The molecule has 1 heterocycles.